The van der Waals surface area contributed by atoms with Gasteiger partial charge in [-0.15, -0.1) is 11.3 Å². The van der Waals surface area contributed by atoms with Crippen molar-refractivity contribution in [3.05, 3.63) is 22.4 Å². The maximum absolute atomic E-state index is 11.8. The highest BCUT2D eigenvalue weighted by molar-refractivity contribution is 7.12. The van der Waals surface area contributed by atoms with Crippen LogP contribution in [0, 0.1) is 0 Å². The summed E-state index contributed by atoms with van der Waals surface area (Å²) >= 11 is 1.31. The second-order valence-electron chi connectivity index (χ2n) is 3.16. The zero-order chi connectivity index (χ0) is 11.4. The van der Waals surface area contributed by atoms with E-state index in [4.69, 9.17) is 5.11 Å². The SMILES string of the molecule is CCC(C(=O)O)N(C)C(=O)c1cccs1. The molecule has 82 valence electrons. The van der Waals surface area contributed by atoms with Crippen LogP contribution in [0.5, 0.6) is 0 Å². The number of hydrogen-bond donors (Lipinski definition) is 1. The van der Waals surface area contributed by atoms with Gasteiger partial charge < -0.3 is 10.0 Å². The first kappa shape index (κ1) is 11.7. The topological polar surface area (TPSA) is 57.6 Å². The second kappa shape index (κ2) is 4.93. The van der Waals surface area contributed by atoms with Crippen molar-refractivity contribution >= 4 is 23.2 Å². The number of amides is 1. The number of carbonyl (C=O) groups excluding carboxylic acids is 1. The van der Waals surface area contributed by atoms with E-state index in [1.165, 1.54) is 23.3 Å². The van der Waals surface area contributed by atoms with Gasteiger partial charge in [-0.25, -0.2) is 4.79 Å². The Morgan fingerprint density at radius 1 is 1.60 bits per heavy atom. The molecule has 0 aromatic carbocycles. The summed E-state index contributed by atoms with van der Waals surface area (Å²) in [6, 6.07) is 2.71. The van der Waals surface area contributed by atoms with Gasteiger partial charge >= 0.3 is 5.97 Å². The van der Waals surface area contributed by atoms with Crippen LogP contribution in [0.25, 0.3) is 0 Å². The number of carboxylic acid groups (broad SMARTS) is 1. The third-order valence-corrected chi connectivity index (χ3v) is 3.05. The smallest absolute Gasteiger partial charge is 0.326 e. The summed E-state index contributed by atoms with van der Waals surface area (Å²) in [7, 11) is 1.52. The van der Waals surface area contributed by atoms with Crippen LogP contribution in [-0.4, -0.2) is 35.0 Å². The highest BCUT2D eigenvalue weighted by atomic mass is 32.1. The molecule has 0 spiro atoms. The molecule has 0 aliphatic rings. The lowest BCUT2D eigenvalue weighted by Crippen LogP contribution is -2.41. The highest BCUT2D eigenvalue weighted by Crippen LogP contribution is 2.14. The van der Waals surface area contributed by atoms with Crippen LogP contribution in [0.1, 0.15) is 23.0 Å². The molecular weight excluding hydrogens is 214 g/mol. The zero-order valence-corrected chi connectivity index (χ0v) is 9.45. The van der Waals surface area contributed by atoms with Gasteiger partial charge in [0.15, 0.2) is 0 Å². The summed E-state index contributed by atoms with van der Waals surface area (Å²) in [5.74, 6) is -1.20. The Morgan fingerprint density at radius 3 is 2.67 bits per heavy atom. The Labute approximate surface area is 92.1 Å². The third-order valence-electron chi connectivity index (χ3n) is 2.19. The van der Waals surface area contributed by atoms with Crippen molar-refractivity contribution in [2.45, 2.75) is 19.4 Å². The number of thiophene rings is 1. The van der Waals surface area contributed by atoms with Gasteiger partial charge in [-0.2, -0.15) is 0 Å². The predicted octanol–water partition coefficient (Wildman–Crippen LogP) is 1.68. The first-order chi connectivity index (χ1) is 7.07. The first-order valence-corrected chi connectivity index (χ1v) is 5.49. The second-order valence-corrected chi connectivity index (χ2v) is 4.10. The number of carboxylic acids is 1. The van der Waals surface area contributed by atoms with Gasteiger partial charge in [-0.05, 0) is 17.9 Å². The van der Waals surface area contributed by atoms with Crippen LogP contribution in [0.3, 0.4) is 0 Å². The van der Waals surface area contributed by atoms with Gasteiger partial charge in [0.05, 0.1) is 4.88 Å². The molecule has 1 aromatic rings. The lowest BCUT2D eigenvalue weighted by atomic mass is 10.2. The van der Waals surface area contributed by atoms with E-state index in [0.29, 0.717) is 11.3 Å². The standard InChI is InChI=1S/C10H13NO3S/c1-3-7(10(13)14)11(2)9(12)8-5-4-6-15-8/h4-7H,3H2,1-2H3,(H,13,14). The van der Waals surface area contributed by atoms with Crippen molar-refractivity contribution in [3.63, 3.8) is 0 Å². The molecular formula is C10H13NO3S. The van der Waals surface area contributed by atoms with E-state index in [9.17, 15) is 9.59 Å². The van der Waals surface area contributed by atoms with Crippen molar-refractivity contribution in [2.24, 2.45) is 0 Å². The summed E-state index contributed by atoms with van der Waals surface area (Å²) < 4.78 is 0. The van der Waals surface area contributed by atoms with Gasteiger partial charge in [-0.3, -0.25) is 4.79 Å². The van der Waals surface area contributed by atoms with Crippen molar-refractivity contribution in [1.29, 1.82) is 0 Å². The van der Waals surface area contributed by atoms with Gasteiger partial charge in [0.2, 0.25) is 0 Å². The average Bonchev–Trinajstić information content (AvgIpc) is 2.69. The van der Waals surface area contributed by atoms with E-state index >= 15 is 0 Å². The van der Waals surface area contributed by atoms with Crippen LogP contribution in [0.2, 0.25) is 0 Å². The molecule has 1 N–H and O–H groups in total. The van der Waals surface area contributed by atoms with Crippen LogP contribution in [0.15, 0.2) is 17.5 Å². The number of carbonyl (C=O) groups is 2. The molecule has 4 nitrogen and oxygen atoms in total. The number of aliphatic carboxylic acids is 1. The van der Waals surface area contributed by atoms with Gasteiger partial charge in [-0.1, -0.05) is 13.0 Å². The molecule has 15 heavy (non-hydrogen) atoms. The molecule has 0 fully saturated rings. The lowest BCUT2D eigenvalue weighted by Gasteiger charge is -2.22. The van der Waals surface area contributed by atoms with Crippen molar-refractivity contribution in [3.8, 4) is 0 Å². The highest BCUT2D eigenvalue weighted by Gasteiger charge is 2.25. The minimum atomic E-state index is -0.968. The molecule has 1 amide bonds. The number of nitrogens with zero attached hydrogens (tertiary/aromatic N) is 1. The Morgan fingerprint density at radius 2 is 2.27 bits per heavy atom. The van der Waals surface area contributed by atoms with Gasteiger partial charge in [0, 0.05) is 7.05 Å². The Balaban J connectivity index is 2.80. The number of hydrogen-bond acceptors (Lipinski definition) is 3. The maximum atomic E-state index is 11.8. The molecule has 0 radical (unpaired) electrons. The van der Waals surface area contributed by atoms with Crippen LogP contribution >= 0.6 is 11.3 Å². The van der Waals surface area contributed by atoms with E-state index in [1.807, 2.05) is 0 Å². The van der Waals surface area contributed by atoms with Gasteiger partial charge in [0.1, 0.15) is 6.04 Å². The molecule has 0 bridgehead atoms. The molecule has 1 atom stereocenters. The van der Waals surface area contributed by atoms with Crippen molar-refractivity contribution in [1.82, 2.24) is 4.90 Å². The Kier molecular flexibility index (Phi) is 3.85. The fourth-order valence-electron chi connectivity index (χ4n) is 1.33. The zero-order valence-electron chi connectivity index (χ0n) is 8.64. The Hall–Kier alpha value is -1.36. The summed E-state index contributed by atoms with van der Waals surface area (Å²) in [6.45, 7) is 1.75. The van der Waals surface area contributed by atoms with E-state index in [2.05, 4.69) is 0 Å². The van der Waals surface area contributed by atoms with E-state index in [0.717, 1.165) is 0 Å². The fraction of sp³-hybridized carbons (Fsp3) is 0.400. The fourth-order valence-corrected chi connectivity index (χ4v) is 2.04. The van der Waals surface area contributed by atoms with Crippen LogP contribution in [-0.2, 0) is 4.79 Å². The number of likely N-dealkylation sites (N-methyl/N-ethyl adjacent to an activating group) is 1. The average molecular weight is 227 g/mol. The molecule has 0 aliphatic carbocycles. The third kappa shape index (κ3) is 2.56. The largest absolute Gasteiger partial charge is 0.480 e. The Bertz CT molecular complexity index is 348. The van der Waals surface area contributed by atoms with E-state index in [-0.39, 0.29) is 5.91 Å². The predicted molar refractivity (Wildman–Crippen MR) is 58.1 cm³/mol. The molecule has 5 heteroatoms. The van der Waals surface area contributed by atoms with Crippen molar-refractivity contribution < 1.29 is 14.7 Å². The minimum Gasteiger partial charge on any atom is -0.480 e. The quantitative estimate of drug-likeness (QED) is 0.851. The first-order valence-electron chi connectivity index (χ1n) is 4.61. The molecule has 0 saturated carbocycles. The molecule has 1 unspecified atom stereocenters. The van der Waals surface area contributed by atoms with E-state index < -0.39 is 12.0 Å². The monoisotopic (exact) mass is 227 g/mol. The summed E-state index contributed by atoms with van der Waals surface area (Å²) in [6.07, 6.45) is 0.406. The summed E-state index contributed by atoms with van der Waals surface area (Å²) in [5.41, 5.74) is 0. The normalized spacial score (nSPS) is 12.1. The molecule has 0 saturated heterocycles. The maximum Gasteiger partial charge on any atom is 0.326 e. The minimum absolute atomic E-state index is 0.237. The van der Waals surface area contributed by atoms with Crippen LogP contribution < -0.4 is 0 Å². The molecule has 1 aromatic heterocycles. The van der Waals surface area contributed by atoms with E-state index in [1.54, 1.807) is 24.4 Å². The molecule has 1 rings (SSSR count). The van der Waals surface area contributed by atoms with Crippen LogP contribution in [0.4, 0.5) is 0 Å². The lowest BCUT2D eigenvalue weighted by molar-refractivity contribution is -0.142. The van der Waals surface area contributed by atoms with Crippen molar-refractivity contribution in [2.75, 3.05) is 7.05 Å². The summed E-state index contributed by atoms with van der Waals surface area (Å²) in [4.78, 5) is 24.5. The summed E-state index contributed by atoms with van der Waals surface area (Å²) in [5, 5.41) is 10.7. The molecule has 0 aliphatic heterocycles. The molecule has 1 heterocycles. The number of rotatable bonds is 4. The van der Waals surface area contributed by atoms with Gasteiger partial charge in [0.25, 0.3) is 5.91 Å².